The summed E-state index contributed by atoms with van der Waals surface area (Å²) in [4.78, 5) is 0. The number of alkyl halides is 3. The van der Waals surface area contributed by atoms with Crippen LogP contribution in [0.25, 0.3) is 10.8 Å². The second kappa shape index (κ2) is 11.5. The number of fused-ring (bicyclic) bond motifs is 1. The number of ether oxygens (including phenoxy) is 1. The van der Waals surface area contributed by atoms with Crippen molar-refractivity contribution < 1.29 is 31.1 Å². The molecule has 0 fully saturated rings. The third-order valence-electron chi connectivity index (χ3n) is 5.94. The summed E-state index contributed by atoms with van der Waals surface area (Å²) in [7, 11) is 0. The Hall–Kier alpha value is -4.18. The van der Waals surface area contributed by atoms with Crippen molar-refractivity contribution in [2.24, 2.45) is 0 Å². The highest BCUT2D eigenvalue weighted by Crippen LogP contribution is 2.30. The van der Waals surface area contributed by atoms with Crippen molar-refractivity contribution in [2.75, 3.05) is 0 Å². The largest absolute Gasteiger partial charge is 0.573 e. The lowest BCUT2D eigenvalue weighted by atomic mass is 9.99. The summed E-state index contributed by atoms with van der Waals surface area (Å²) in [5.74, 6) is 1.24. The minimum atomic E-state index is -5.22. The van der Waals surface area contributed by atoms with Crippen LogP contribution in [0.15, 0.2) is 79.4 Å². The normalized spacial score (nSPS) is 11.2. The van der Waals surface area contributed by atoms with E-state index in [1.165, 1.54) is 5.56 Å². The average molecular weight is 525 g/mol. The van der Waals surface area contributed by atoms with Crippen LogP contribution in [0.1, 0.15) is 34.2 Å². The topological polar surface area (TPSA) is 9.23 Å². The molecular formula is C31H22F6O. The van der Waals surface area contributed by atoms with Crippen LogP contribution < -0.4 is 4.74 Å². The fourth-order valence-corrected chi connectivity index (χ4v) is 4.02. The van der Waals surface area contributed by atoms with Crippen LogP contribution in [0, 0.1) is 29.3 Å². The van der Waals surface area contributed by atoms with Gasteiger partial charge in [0.15, 0.2) is 11.6 Å². The van der Waals surface area contributed by atoms with Gasteiger partial charge in [0.1, 0.15) is 5.82 Å². The van der Waals surface area contributed by atoms with Gasteiger partial charge in [-0.05, 0) is 84.2 Å². The lowest BCUT2D eigenvalue weighted by molar-refractivity contribution is -0.276. The molecule has 0 atom stereocenters. The van der Waals surface area contributed by atoms with Gasteiger partial charge in [-0.3, -0.25) is 0 Å². The summed E-state index contributed by atoms with van der Waals surface area (Å²) >= 11 is 0. The first-order valence-corrected chi connectivity index (χ1v) is 11.8. The van der Waals surface area contributed by atoms with Gasteiger partial charge in [-0.25, -0.2) is 13.2 Å². The number of allylic oxidation sites excluding steroid dienone is 1. The fourth-order valence-electron chi connectivity index (χ4n) is 4.02. The Kier molecular flexibility index (Phi) is 8.11. The highest BCUT2D eigenvalue weighted by Gasteiger charge is 2.34. The van der Waals surface area contributed by atoms with Gasteiger partial charge in [0, 0.05) is 16.5 Å². The molecule has 4 aromatic rings. The quantitative estimate of drug-likeness (QED) is 0.134. The van der Waals surface area contributed by atoms with Gasteiger partial charge in [-0.1, -0.05) is 48.2 Å². The Morgan fingerprint density at radius 2 is 1.39 bits per heavy atom. The van der Waals surface area contributed by atoms with Crippen LogP contribution >= 0.6 is 0 Å². The molecule has 4 rings (SSSR count). The van der Waals surface area contributed by atoms with Crippen LogP contribution in [0.2, 0.25) is 0 Å². The summed E-state index contributed by atoms with van der Waals surface area (Å²) in [6, 6.07) is 17.9. The van der Waals surface area contributed by atoms with E-state index in [1.807, 2.05) is 30.3 Å². The van der Waals surface area contributed by atoms with E-state index in [1.54, 1.807) is 30.3 Å². The Morgan fingerprint density at radius 3 is 2.05 bits per heavy atom. The molecule has 0 radical (unpaired) electrons. The first-order chi connectivity index (χ1) is 18.1. The molecule has 7 heteroatoms. The lowest BCUT2D eigenvalue weighted by Crippen LogP contribution is -2.19. The van der Waals surface area contributed by atoms with Gasteiger partial charge in [0.2, 0.25) is 5.75 Å². The summed E-state index contributed by atoms with van der Waals surface area (Å²) in [5.41, 5.74) is 3.17. The molecule has 0 heterocycles. The Bertz CT molecular complexity index is 1500. The second-order valence-electron chi connectivity index (χ2n) is 8.69. The van der Waals surface area contributed by atoms with E-state index in [0.717, 1.165) is 30.5 Å². The highest BCUT2D eigenvalue weighted by molar-refractivity contribution is 5.85. The Labute approximate surface area is 216 Å². The highest BCUT2D eigenvalue weighted by atomic mass is 19.4. The molecule has 0 N–H and O–H groups in total. The molecule has 0 spiro atoms. The van der Waals surface area contributed by atoms with Gasteiger partial charge in [0.05, 0.1) is 0 Å². The number of hydrogen-bond donors (Lipinski definition) is 0. The van der Waals surface area contributed by atoms with Crippen LogP contribution in [0.3, 0.4) is 0 Å². The molecule has 0 aromatic heterocycles. The SMILES string of the molecule is C=CCCc1ccc(C#Cc2ccc3c(F)c(CCc4cc(F)c(OC(F)(F)F)c(F)c4)ccc3c2)cc1. The minimum Gasteiger partial charge on any atom is -0.399 e. The number of benzene rings is 4. The van der Waals surface area contributed by atoms with E-state index in [4.69, 9.17) is 0 Å². The van der Waals surface area contributed by atoms with E-state index in [2.05, 4.69) is 23.2 Å². The summed E-state index contributed by atoms with van der Waals surface area (Å²) in [6.07, 6.45) is -1.42. The van der Waals surface area contributed by atoms with Gasteiger partial charge in [0.25, 0.3) is 0 Å². The molecule has 0 bridgehead atoms. The average Bonchev–Trinajstić information content (AvgIpc) is 2.88. The second-order valence-corrected chi connectivity index (χ2v) is 8.69. The molecule has 38 heavy (non-hydrogen) atoms. The molecule has 0 aliphatic heterocycles. The molecule has 0 aliphatic rings. The van der Waals surface area contributed by atoms with Gasteiger partial charge in [-0.15, -0.1) is 19.8 Å². The summed E-state index contributed by atoms with van der Waals surface area (Å²) in [6.45, 7) is 3.72. The van der Waals surface area contributed by atoms with Crippen LogP contribution in [0.4, 0.5) is 26.3 Å². The van der Waals surface area contributed by atoms with Crippen molar-refractivity contribution in [2.45, 2.75) is 32.0 Å². The van der Waals surface area contributed by atoms with E-state index in [9.17, 15) is 22.0 Å². The molecule has 0 unspecified atom stereocenters. The molecule has 0 saturated heterocycles. The van der Waals surface area contributed by atoms with Gasteiger partial charge < -0.3 is 4.74 Å². The predicted molar refractivity (Wildman–Crippen MR) is 135 cm³/mol. The van der Waals surface area contributed by atoms with E-state index >= 15 is 4.39 Å². The van der Waals surface area contributed by atoms with Crippen LogP contribution in [-0.2, 0) is 19.3 Å². The molecule has 0 amide bonds. The molecule has 0 aliphatic carbocycles. The smallest absolute Gasteiger partial charge is 0.399 e. The maximum Gasteiger partial charge on any atom is 0.573 e. The number of hydrogen-bond acceptors (Lipinski definition) is 1. The van der Waals surface area contributed by atoms with Crippen LogP contribution in [-0.4, -0.2) is 6.36 Å². The first kappa shape index (κ1) is 26.9. The maximum atomic E-state index is 15.2. The number of rotatable bonds is 7. The Morgan fingerprint density at radius 1 is 0.737 bits per heavy atom. The van der Waals surface area contributed by atoms with Crippen molar-refractivity contribution in [3.8, 4) is 17.6 Å². The van der Waals surface area contributed by atoms with Gasteiger partial charge >= 0.3 is 6.36 Å². The van der Waals surface area contributed by atoms with Crippen molar-refractivity contribution in [3.63, 3.8) is 0 Å². The molecule has 0 saturated carbocycles. The van der Waals surface area contributed by atoms with E-state index in [-0.39, 0.29) is 18.4 Å². The zero-order chi connectivity index (χ0) is 27.3. The number of aryl methyl sites for hydroxylation is 3. The van der Waals surface area contributed by atoms with Crippen molar-refractivity contribution >= 4 is 10.8 Å². The maximum absolute atomic E-state index is 15.2. The van der Waals surface area contributed by atoms with Crippen molar-refractivity contribution in [3.05, 3.63) is 125 Å². The molecule has 1 nitrogen and oxygen atoms in total. The van der Waals surface area contributed by atoms with Crippen molar-refractivity contribution in [1.29, 1.82) is 0 Å². The Balaban J connectivity index is 1.47. The van der Waals surface area contributed by atoms with E-state index in [0.29, 0.717) is 21.9 Å². The van der Waals surface area contributed by atoms with Crippen LogP contribution in [0.5, 0.6) is 5.75 Å². The zero-order valence-corrected chi connectivity index (χ0v) is 20.1. The van der Waals surface area contributed by atoms with Crippen molar-refractivity contribution in [1.82, 2.24) is 0 Å². The monoisotopic (exact) mass is 524 g/mol. The third kappa shape index (κ3) is 6.77. The predicted octanol–water partition coefficient (Wildman–Crippen LogP) is 8.46. The summed E-state index contributed by atoms with van der Waals surface area (Å²) < 4.78 is 83.5. The third-order valence-corrected chi connectivity index (χ3v) is 5.94. The number of halogens is 6. The lowest BCUT2D eigenvalue weighted by Gasteiger charge is -2.12. The first-order valence-electron chi connectivity index (χ1n) is 11.8. The molecular weight excluding hydrogens is 502 g/mol. The standard InChI is InChI=1S/C31H22F6O/c1-2-3-4-20-5-7-21(8-6-20)9-10-22-12-16-26-25(17-22)15-14-24(29(26)34)13-11-23-18-27(32)30(28(33)19-23)38-31(35,36)37/h2,5-8,12,14-19H,1,3-4,11,13H2. The summed E-state index contributed by atoms with van der Waals surface area (Å²) in [5, 5.41) is 1.01. The van der Waals surface area contributed by atoms with Gasteiger partial charge in [-0.2, -0.15) is 0 Å². The zero-order valence-electron chi connectivity index (χ0n) is 20.1. The molecule has 194 valence electrons. The molecule has 4 aromatic carbocycles. The van der Waals surface area contributed by atoms with E-state index < -0.39 is 29.6 Å². The minimum absolute atomic E-state index is 0.0124. The fraction of sp³-hybridized carbons (Fsp3) is 0.161.